The molecule has 1 heterocycles. The van der Waals surface area contributed by atoms with E-state index in [1.54, 1.807) is 11.3 Å². The summed E-state index contributed by atoms with van der Waals surface area (Å²) < 4.78 is 1.26. The van der Waals surface area contributed by atoms with Crippen LogP contribution in [0.5, 0.6) is 0 Å². The van der Waals surface area contributed by atoms with Crippen molar-refractivity contribution in [2.24, 2.45) is 0 Å². The first-order valence-corrected chi connectivity index (χ1v) is 6.33. The van der Waals surface area contributed by atoms with Gasteiger partial charge in [0.05, 0.1) is 10.2 Å². The van der Waals surface area contributed by atoms with Crippen LogP contribution in [-0.4, -0.2) is 10.5 Å². The molecule has 2 rings (SSSR count). The van der Waals surface area contributed by atoms with E-state index in [0.29, 0.717) is 0 Å². The van der Waals surface area contributed by atoms with Crippen LogP contribution in [-0.2, 0) is 0 Å². The number of fused-ring (bicyclic) bond motifs is 1. The zero-order chi connectivity index (χ0) is 11.9. The Hall–Kier alpha value is -1.09. The second-order valence-electron chi connectivity index (χ2n) is 5.30. The van der Waals surface area contributed by atoms with Crippen molar-refractivity contribution in [3.63, 3.8) is 0 Å². The van der Waals surface area contributed by atoms with Gasteiger partial charge >= 0.3 is 0 Å². The zero-order valence-corrected chi connectivity index (χ0v) is 11.3. The highest BCUT2D eigenvalue weighted by Crippen LogP contribution is 2.29. The van der Waals surface area contributed by atoms with Crippen LogP contribution >= 0.6 is 11.3 Å². The molecule has 0 atom stereocenters. The number of thiazole rings is 1. The zero-order valence-electron chi connectivity index (χ0n) is 10.5. The minimum absolute atomic E-state index is 0.0674. The second-order valence-corrected chi connectivity index (χ2v) is 6.33. The molecule has 0 saturated heterocycles. The largest absolute Gasteiger partial charge is 0.357 e. The van der Waals surface area contributed by atoms with Crippen LogP contribution in [0.4, 0.5) is 5.13 Å². The number of hydrogen-bond acceptors (Lipinski definition) is 3. The van der Waals surface area contributed by atoms with Crippen LogP contribution in [0.2, 0.25) is 0 Å². The standard InChI is InChI=1S/C13H18N2S/c1-8-6-10-11(7-9(8)2)16-12(14-10)15-13(3,4)5/h6-7H,1-5H3,(H,14,15). The summed E-state index contributed by atoms with van der Waals surface area (Å²) in [6.07, 6.45) is 0. The first kappa shape index (κ1) is 11.4. The lowest BCUT2D eigenvalue weighted by molar-refractivity contribution is 0.633. The molecule has 86 valence electrons. The van der Waals surface area contributed by atoms with Crippen LogP contribution in [0, 0.1) is 13.8 Å². The van der Waals surface area contributed by atoms with Crippen molar-refractivity contribution in [1.82, 2.24) is 4.98 Å². The number of nitrogens with one attached hydrogen (secondary N) is 1. The molecule has 16 heavy (non-hydrogen) atoms. The van der Waals surface area contributed by atoms with E-state index in [1.165, 1.54) is 15.8 Å². The monoisotopic (exact) mass is 234 g/mol. The molecule has 2 nitrogen and oxygen atoms in total. The number of benzene rings is 1. The normalized spacial score (nSPS) is 12.1. The van der Waals surface area contributed by atoms with E-state index >= 15 is 0 Å². The first-order chi connectivity index (χ1) is 7.35. The topological polar surface area (TPSA) is 24.9 Å². The Balaban J connectivity index is 2.44. The Bertz CT molecular complexity index is 481. The van der Waals surface area contributed by atoms with Crippen LogP contribution in [0.15, 0.2) is 12.1 Å². The van der Waals surface area contributed by atoms with Gasteiger partial charge in [0.2, 0.25) is 0 Å². The van der Waals surface area contributed by atoms with Crippen molar-refractivity contribution >= 4 is 26.7 Å². The van der Waals surface area contributed by atoms with Crippen LogP contribution in [0.1, 0.15) is 31.9 Å². The molecule has 0 saturated carbocycles. The maximum Gasteiger partial charge on any atom is 0.184 e. The average molecular weight is 234 g/mol. The van der Waals surface area contributed by atoms with Gasteiger partial charge in [-0.2, -0.15) is 0 Å². The highest BCUT2D eigenvalue weighted by molar-refractivity contribution is 7.22. The molecule has 0 unspecified atom stereocenters. The molecule has 2 aromatic rings. The predicted octanol–water partition coefficient (Wildman–Crippen LogP) is 4.12. The average Bonchev–Trinajstić information content (AvgIpc) is 2.44. The van der Waals surface area contributed by atoms with Gasteiger partial charge in [-0.15, -0.1) is 0 Å². The van der Waals surface area contributed by atoms with Gasteiger partial charge in [-0.25, -0.2) is 4.98 Å². The molecular weight excluding hydrogens is 216 g/mol. The van der Waals surface area contributed by atoms with Gasteiger partial charge < -0.3 is 5.32 Å². The lowest BCUT2D eigenvalue weighted by atomic mass is 10.1. The molecule has 0 bridgehead atoms. The van der Waals surface area contributed by atoms with Crippen molar-refractivity contribution in [3.05, 3.63) is 23.3 Å². The fourth-order valence-corrected chi connectivity index (χ4v) is 2.71. The van der Waals surface area contributed by atoms with E-state index in [4.69, 9.17) is 0 Å². The fraction of sp³-hybridized carbons (Fsp3) is 0.462. The maximum atomic E-state index is 4.61. The molecule has 0 aliphatic rings. The summed E-state index contributed by atoms with van der Waals surface area (Å²) >= 11 is 1.72. The summed E-state index contributed by atoms with van der Waals surface area (Å²) in [4.78, 5) is 4.61. The van der Waals surface area contributed by atoms with Gasteiger partial charge in [0.25, 0.3) is 0 Å². The highest BCUT2D eigenvalue weighted by atomic mass is 32.1. The maximum absolute atomic E-state index is 4.61. The third-order valence-corrected chi connectivity index (χ3v) is 3.42. The third-order valence-electron chi connectivity index (χ3n) is 2.49. The van der Waals surface area contributed by atoms with Gasteiger partial charge in [-0.3, -0.25) is 0 Å². The van der Waals surface area contributed by atoms with Gasteiger partial charge in [-0.1, -0.05) is 11.3 Å². The van der Waals surface area contributed by atoms with E-state index in [9.17, 15) is 0 Å². The number of anilines is 1. The van der Waals surface area contributed by atoms with Crippen molar-refractivity contribution in [1.29, 1.82) is 0 Å². The Morgan fingerprint density at radius 2 is 1.75 bits per heavy atom. The van der Waals surface area contributed by atoms with E-state index in [0.717, 1.165) is 10.6 Å². The molecule has 1 aromatic carbocycles. The van der Waals surface area contributed by atoms with E-state index in [-0.39, 0.29) is 5.54 Å². The Morgan fingerprint density at radius 3 is 2.38 bits per heavy atom. The molecule has 0 spiro atoms. The minimum atomic E-state index is 0.0674. The van der Waals surface area contributed by atoms with Crippen LogP contribution in [0.3, 0.4) is 0 Å². The Labute approximate surface area is 101 Å². The molecule has 0 aliphatic carbocycles. The third kappa shape index (κ3) is 2.35. The number of hydrogen-bond donors (Lipinski definition) is 1. The number of aromatic nitrogens is 1. The van der Waals surface area contributed by atoms with Gasteiger partial charge in [-0.05, 0) is 57.9 Å². The summed E-state index contributed by atoms with van der Waals surface area (Å²) in [7, 11) is 0. The predicted molar refractivity (Wildman–Crippen MR) is 72.5 cm³/mol. The van der Waals surface area contributed by atoms with Crippen molar-refractivity contribution in [2.45, 2.75) is 40.2 Å². The quantitative estimate of drug-likeness (QED) is 0.802. The molecule has 0 fully saturated rings. The molecule has 1 aromatic heterocycles. The SMILES string of the molecule is Cc1cc2nc(NC(C)(C)C)sc2cc1C. The van der Waals surface area contributed by atoms with E-state index < -0.39 is 0 Å². The van der Waals surface area contributed by atoms with E-state index in [2.05, 4.69) is 57.1 Å². The molecule has 3 heteroatoms. The molecule has 0 radical (unpaired) electrons. The van der Waals surface area contributed by atoms with Gasteiger partial charge in [0.1, 0.15) is 0 Å². The number of nitrogens with zero attached hydrogens (tertiary/aromatic N) is 1. The van der Waals surface area contributed by atoms with Crippen molar-refractivity contribution < 1.29 is 0 Å². The van der Waals surface area contributed by atoms with Crippen molar-refractivity contribution in [2.75, 3.05) is 5.32 Å². The molecule has 1 N–H and O–H groups in total. The highest BCUT2D eigenvalue weighted by Gasteiger charge is 2.12. The first-order valence-electron chi connectivity index (χ1n) is 5.51. The van der Waals surface area contributed by atoms with Crippen LogP contribution < -0.4 is 5.32 Å². The van der Waals surface area contributed by atoms with Gasteiger partial charge in [0, 0.05) is 5.54 Å². The van der Waals surface area contributed by atoms with Gasteiger partial charge in [0.15, 0.2) is 5.13 Å². The minimum Gasteiger partial charge on any atom is -0.357 e. The number of rotatable bonds is 1. The summed E-state index contributed by atoms with van der Waals surface area (Å²) in [6.45, 7) is 10.7. The smallest absolute Gasteiger partial charge is 0.184 e. The molecular formula is C13H18N2S. The summed E-state index contributed by atoms with van der Waals surface area (Å²) in [6, 6.07) is 4.38. The second kappa shape index (κ2) is 3.74. The fourth-order valence-electron chi connectivity index (χ4n) is 1.55. The van der Waals surface area contributed by atoms with E-state index in [1.807, 2.05) is 0 Å². The Kier molecular flexibility index (Phi) is 2.66. The Morgan fingerprint density at radius 1 is 1.12 bits per heavy atom. The van der Waals surface area contributed by atoms with Crippen LogP contribution in [0.25, 0.3) is 10.2 Å². The summed E-state index contributed by atoms with van der Waals surface area (Å²) in [5.41, 5.74) is 3.80. The summed E-state index contributed by atoms with van der Waals surface area (Å²) in [5.74, 6) is 0. The lowest BCUT2D eigenvalue weighted by Crippen LogP contribution is -2.25. The number of aryl methyl sites for hydroxylation is 2. The summed E-state index contributed by atoms with van der Waals surface area (Å²) in [5, 5.41) is 4.42. The lowest BCUT2D eigenvalue weighted by Gasteiger charge is -2.19. The molecule has 0 aliphatic heterocycles. The van der Waals surface area contributed by atoms with Crippen molar-refractivity contribution in [3.8, 4) is 0 Å². The molecule has 0 amide bonds.